The maximum atomic E-state index is 12.1. The minimum atomic E-state index is 0.0179. The van der Waals surface area contributed by atoms with Crippen molar-refractivity contribution in [2.75, 3.05) is 0 Å². The molecule has 6 heteroatoms. The summed E-state index contributed by atoms with van der Waals surface area (Å²) in [6.07, 6.45) is 0. The largest absolute Gasteiger partial charge is 0.456 e. The molecule has 4 nitrogen and oxygen atoms in total. The van der Waals surface area contributed by atoms with Crippen molar-refractivity contribution in [1.29, 1.82) is 5.26 Å². The summed E-state index contributed by atoms with van der Waals surface area (Å²) in [5, 5.41) is 10.2. The summed E-state index contributed by atoms with van der Waals surface area (Å²) in [6.45, 7) is 0. The van der Waals surface area contributed by atoms with Crippen molar-refractivity contribution in [2.24, 2.45) is 0 Å². The van der Waals surface area contributed by atoms with Crippen molar-refractivity contribution in [1.82, 2.24) is 0 Å². The summed E-state index contributed by atoms with van der Waals surface area (Å²) in [5.74, 6) is 1.28. The van der Waals surface area contributed by atoms with Crippen LogP contribution in [0.3, 0.4) is 0 Å². The molecule has 0 aliphatic heterocycles. The Kier molecular flexibility index (Phi) is 6.69. The van der Waals surface area contributed by atoms with Crippen LogP contribution in [0.1, 0.15) is 5.56 Å². The first-order valence-electron chi connectivity index (χ1n) is 9.59. The lowest BCUT2D eigenvalue weighted by atomic mass is 10.1. The van der Waals surface area contributed by atoms with Crippen LogP contribution in [0.2, 0.25) is 0 Å². The Hall–Kier alpha value is -3.40. The van der Waals surface area contributed by atoms with Crippen molar-refractivity contribution in [3.8, 4) is 17.6 Å². The number of halogens is 2. The van der Waals surface area contributed by atoms with E-state index in [1.54, 1.807) is 30.3 Å². The lowest BCUT2D eigenvalue weighted by Gasteiger charge is -2.07. The first kappa shape index (κ1) is 21.8. The van der Waals surface area contributed by atoms with E-state index in [1.165, 1.54) is 0 Å². The van der Waals surface area contributed by atoms with E-state index >= 15 is 0 Å². The summed E-state index contributed by atoms with van der Waals surface area (Å²) < 4.78 is 13.1. The standard InChI is InChI=1S/C13H8BrNO.C13H7BrO2/c14-11-7-6-10(9-15)13(8-11)16-12-4-2-1-3-5-12;14-8-5-6-10-12(7-8)16-11-4-2-1-3-9(11)13(10)15/h1-8H;1-7H. The maximum Gasteiger partial charge on any atom is 0.200 e. The molecular weight excluding hydrogens is 534 g/mol. The Morgan fingerprint density at radius 2 is 1.41 bits per heavy atom. The molecule has 1 heterocycles. The van der Waals surface area contributed by atoms with Gasteiger partial charge in [-0.3, -0.25) is 4.79 Å². The Bertz CT molecular complexity index is 1510. The molecule has 0 saturated heterocycles. The zero-order valence-electron chi connectivity index (χ0n) is 16.6. The van der Waals surface area contributed by atoms with E-state index < -0.39 is 0 Å². The Morgan fingerprint density at radius 3 is 2.19 bits per heavy atom. The first-order chi connectivity index (χ1) is 15.5. The fourth-order valence-corrected chi connectivity index (χ4v) is 3.74. The van der Waals surface area contributed by atoms with Crippen LogP contribution in [-0.2, 0) is 0 Å². The van der Waals surface area contributed by atoms with Gasteiger partial charge >= 0.3 is 0 Å². The Balaban J connectivity index is 0.000000153. The smallest absolute Gasteiger partial charge is 0.200 e. The average molecular weight is 549 g/mol. The van der Waals surface area contributed by atoms with Crippen LogP contribution in [0.25, 0.3) is 21.9 Å². The normalized spacial score (nSPS) is 10.3. The predicted octanol–water partition coefficient (Wildman–Crippen LogP) is 7.82. The van der Waals surface area contributed by atoms with Crippen LogP contribution < -0.4 is 10.2 Å². The molecule has 0 fully saturated rings. The lowest BCUT2D eigenvalue weighted by molar-refractivity contribution is 0.481. The minimum Gasteiger partial charge on any atom is -0.456 e. The molecule has 4 aromatic carbocycles. The molecule has 0 radical (unpaired) electrons. The summed E-state index contributed by atoms with van der Waals surface area (Å²) in [5.41, 5.74) is 1.77. The maximum absolute atomic E-state index is 12.1. The van der Waals surface area contributed by atoms with E-state index in [0.717, 1.165) is 14.7 Å². The highest BCUT2D eigenvalue weighted by Gasteiger charge is 2.07. The van der Waals surface area contributed by atoms with Gasteiger partial charge in [-0.05, 0) is 60.7 Å². The number of ether oxygens (including phenoxy) is 1. The third kappa shape index (κ3) is 4.91. The minimum absolute atomic E-state index is 0.0179. The highest BCUT2D eigenvalue weighted by atomic mass is 79.9. The molecule has 0 saturated carbocycles. The molecule has 1 aromatic heterocycles. The summed E-state index contributed by atoms with van der Waals surface area (Å²) in [6, 6.07) is 29.5. The molecule has 0 N–H and O–H groups in total. The van der Waals surface area contributed by atoms with E-state index in [9.17, 15) is 4.79 Å². The lowest BCUT2D eigenvalue weighted by Crippen LogP contribution is -2.01. The van der Waals surface area contributed by atoms with Gasteiger partial charge in [0.05, 0.1) is 16.3 Å². The van der Waals surface area contributed by atoms with Gasteiger partial charge in [-0.25, -0.2) is 0 Å². The third-order valence-corrected chi connectivity index (χ3v) is 5.56. The van der Waals surface area contributed by atoms with Gasteiger partial charge in [-0.2, -0.15) is 5.26 Å². The number of fused-ring (bicyclic) bond motifs is 2. The van der Waals surface area contributed by atoms with Crippen molar-refractivity contribution >= 4 is 53.8 Å². The van der Waals surface area contributed by atoms with Crippen LogP contribution in [0.15, 0.2) is 109 Å². The third-order valence-electron chi connectivity index (χ3n) is 4.58. The molecule has 0 amide bonds. The van der Waals surface area contributed by atoms with Gasteiger partial charge in [0.2, 0.25) is 5.43 Å². The molecule has 5 rings (SSSR count). The van der Waals surface area contributed by atoms with E-state index in [-0.39, 0.29) is 5.43 Å². The van der Waals surface area contributed by atoms with Crippen LogP contribution in [0.5, 0.6) is 11.5 Å². The van der Waals surface area contributed by atoms with Crippen molar-refractivity contribution in [3.63, 3.8) is 0 Å². The molecule has 0 atom stereocenters. The molecule has 0 aliphatic rings. The van der Waals surface area contributed by atoms with Gasteiger partial charge in [0.15, 0.2) is 0 Å². The Labute approximate surface area is 200 Å². The van der Waals surface area contributed by atoms with Gasteiger partial charge < -0.3 is 9.15 Å². The second kappa shape index (κ2) is 9.82. The molecule has 32 heavy (non-hydrogen) atoms. The fraction of sp³-hybridized carbons (Fsp3) is 0. The molecular formula is C26H15Br2NO3. The number of nitrogens with zero attached hydrogens (tertiary/aromatic N) is 1. The van der Waals surface area contributed by atoms with Gasteiger partial charge in [0, 0.05) is 8.95 Å². The summed E-state index contributed by atoms with van der Waals surface area (Å²) in [4.78, 5) is 12.1. The van der Waals surface area contributed by atoms with Gasteiger partial charge in [0.1, 0.15) is 28.7 Å². The van der Waals surface area contributed by atoms with Crippen molar-refractivity contribution < 1.29 is 9.15 Å². The highest BCUT2D eigenvalue weighted by Crippen LogP contribution is 2.28. The van der Waals surface area contributed by atoms with E-state index in [0.29, 0.717) is 33.3 Å². The van der Waals surface area contributed by atoms with Crippen LogP contribution in [-0.4, -0.2) is 0 Å². The van der Waals surface area contributed by atoms with E-state index in [1.807, 2.05) is 60.7 Å². The molecule has 0 unspecified atom stereocenters. The number of para-hydroxylation sites is 2. The van der Waals surface area contributed by atoms with Gasteiger partial charge in [-0.1, -0.05) is 62.2 Å². The highest BCUT2D eigenvalue weighted by molar-refractivity contribution is 9.10. The monoisotopic (exact) mass is 547 g/mol. The molecule has 0 bridgehead atoms. The fourth-order valence-electron chi connectivity index (χ4n) is 3.06. The molecule has 0 aliphatic carbocycles. The quantitative estimate of drug-likeness (QED) is 0.211. The molecule has 156 valence electrons. The van der Waals surface area contributed by atoms with E-state index in [4.69, 9.17) is 14.4 Å². The number of benzene rings is 4. The van der Waals surface area contributed by atoms with Crippen molar-refractivity contribution in [3.05, 3.63) is 116 Å². The number of nitriles is 1. The topological polar surface area (TPSA) is 63.2 Å². The van der Waals surface area contributed by atoms with Gasteiger partial charge in [0.25, 0.3) is 0 Å². The SMILES string of the molecule is N#Cc1ccc(Br)cc1Oc1ccccc1.O=c1c2ccccc2oc2cc(Br)ccc12. The molecule has 0 spiro atoms. The second-order valence-corrected chi connectivity index (χ2v) is 8.57. The number of hydrogen-bond donors (Lipinski definition) is 0. The molecule has 5 aromatic rings. The van der Waals surface area contributed by atoms with Crippen molar-refractivity contribution in [2.45, 2.75) is 0 Å². The summed E-state index contributed by atoms with van der Waals surface area (Å²) in [7, 11) is 0. The van der Waals surface area contributed by atoms with Crippen LogP contribution in [0.4, 0.5) is 0 Å². The second-order valence-electron chi connectivity index (χ2n) is 6.74. The zero-order chi connectivity index (χ0) is 22.5. The Morgan fingerprint density at radius 1 is 0.750 bits per heavy atom. The first-order valence-corrected chi connectivity index (χ1v) is 11.2. The van der Waals surface area contributed by atoms with E-state index in [2.05, 4.69) is 37.9 Å². The van der Waals surface area contributed by atoms with Crippen LogP contribution in [0, 0.1) is 11.3 Å². The number of hydrogen-bond acceptors (Lipinski definition) is 4. The average Bonchev–Trinajstić information content (AvgIpc) is 2.80. The zero-order valence-corrected chi connectivity index (χ0v) is 19.8. The summed E-state index contributed by atoms with van der Waals surface area (Å²) >= 11 is 6.71. The number of rotatable bonds is 2. The predicted molar refractivity (Wildman–Crippen MR) is 133 cm³/mol. The van der Waals surface area contributed by atoms with Gasteiger partial charge in [-0.15, -0.1) is 0 Å². The van der Waals surface area contributed by atoms with Crippen LogP contribution >= 0.6 is 31.9 Å².